The topological polar surface area (TPSA) is 72.3 Å². The fourth-order valence-corrected chi connectivity index (χ4v) is 4.41. The van der Waals surface area contributed by atoms with Crippen molar-refractivity contribution < 1.29 is 9.53 Å². The molecule has 1 aliphatic rings. The molecule has 0 unspecified atom stereocenters. The molecule has 4 rings (SSSR count). The molecule has 0 aliphatic carbocycles. The van der Waals surface area contributed by atoms with Crippen LogP contribution in [0.4, 0.5) is 4.79 Å². The molecular formula is C24H27Cl2N5O2. The second-order valence-electron chi connectivity index (χ2n) is 8.19. The van der Waals surface area contributed by atoms with E-state index >= 15 is 0 Å². The van der Waals surface area contributed by atoms with Crippen LogP contribution in [0.25, 0.3) is 0 Å². The molecule has 7 nitrogen and oxygen atoms in total. The zero-order chi connectivity index (χ0) is 23.4. The molecule has 0 radical (unpaired) electrons. The van der Waals surface area contributed by atoms with Crippen molar-refractivity contribution in [2.45, 2.75) is 45.0 Å². The predicted octanol–water partition coefficient (Wildman–Crippen LogP) is 5.39. The third-order valence-electron chi connectivity index (χ3n) is 5.91. The van der Waals surface area contributed by atoms with Crippen LogP contribution >= 0.6 is 23.2 Å². The van der Waals surface area contributed by atoms with Crippen molar-refractivity contribution in [3.8, 4) is 0 Å². The molecule has 2 heterocycles. The van der Waals surface area contributed by atoms with E-state index < -0.39 is 0 Å². The van der Waals surface area contributed by atoms with Gasteiger partial charge < -0.3 is 19.5 Å². The number of ether oxygens (including phenoxy) is 1. The lowest BCUT2D eigenvalue weighted by Gasteiger charge is -2.27. The van der Waals surface area contributed by atoms with Crippen LogP contribution in [-0.2, 0) is 17.9 Å². The van der Waals surface area contributed by atoms with Gasteiger partial charge in [0.25, 0.3) is 0 Å². The number of methoxy groups -OCH3 is 1. The van der Waals surface area contributed by atoms with Crippen molar-refractivity contribution in [3.05, 3.63) is 81.4 Å². The van der Waals surface area contributed by atoms with Crippen LogP contribution < -0.4 is 5.32 Å². The Morgan fingerprint density at radius 1 is 1.12 bits per heavy atom. The molecule has 1 fully saturated rings. The predicted molar refractivity (Wildman–Crippen MR) is 128 cm³/mol. The van der Waals surface area contributed by atoms with Gasteiger partial charge in [-0.3, -0.25) is 0 Å². The zero-order valence-electron chi connectivity index (χ0n) is 18.7. The number of benzene rings is 2. The smallest absolute Gasteiger partial charge is 0.318 e. The SMILES string of the molecule is COCc1nnc([C@H]2CCCN2C(=O)N[C@@H](C)c2ccc(Cl)cc2)n1Cc1ccc(Cl)cc1. The van der Waals surface area contributed by atoms with Crippen LogP contribution in [0.2, 0.25) is 10.0 Å². The first-order valence-electron chi connectivity index (χ1n) is 10.9. The number of hydrogen-bond acceptors (Lipinski definition) is 4. The van der Waals surface area contributed by atoms with Gasteiger partial charge in [0, 0.05) is 23.7 Å². The van der Waals surface area contributed by atoms with Crippen LogP contribution in [0.15, 0.2) is 48.5 Å². The summed E-state index contributed by atoms with van der Waals surface area (Å²) in [6, 6.07) is 14.8. The fraction of sp³-hybridized carbons (Fsp3) is 0.375. The van der Waals surface area contributed by atoms with Gasteiger partial charge in [-0.15, -0.1) is 10.2 Å². The maximum Gasteiger partial charge on any atom is 0.318 e. The second kappa shape index (κ2) is 10.5. The van der Waals surface area contributed by atoms with E-state index in [9.17, 15) is 4.79 Å². The molecular weight excluding hydrogens is 461 g/mol. The van der Waals surface area contributed by atoms with Gasteiger partial charge in [-0.05, 0) is 55.2 Å². The van der Waals surface area contributed by atoms with E-state index in [4.69, 9.17) is 27.9 Å². The summed E-state index contributed by atoms with van der Waals surface area (Å²) in [5, 5.41) is 13.3. The number of likely N-dealkylation sites (tertiary alicyclic amines) is 1. The van der Waals surface area contributed by atoms with Gasteiger partial charge >= 0.3 is 6.03 Å². The molecule has 0 bridgehead atoms. The number of nitrogens with zero attached hydrogens (tertiary/aromatic N) is 4. The van der Waals surface area contributed by atoms with Gasteiger partial charge in [0.1, 0.15) is 6.61 Å². The summed E-state index contributed by atoms with van der Waals surface area (Å²) in [6.45, 7) is 3.54. The summed E-state index contributed by atoms with van der Waals surface area (Å²) in [5.41, 5.74) is 2.07. The summed E-state index contributed by atoms with van der Waals surface area (Å²) in [4.78, 5) is 15.1. The number of amides is 2. The Kier molecular flexibility index (Phi) is 7.53. The van der Waals surface area contributed by atoms with Crippen LogP contribution in [0, 0.1) is 0 Å². The lowest BCUT2D eigenvalue weighted by molar-refractivity contribution is 0.172. The van der Waals surface area contributed by atoms with Gasteiger partial charge in [0.2, 0.25) is 0 Å². The Morgan fingerprint density at radius 2 is 1.79 bits per heavy atom. The minimum absolute atomic E-state index is 0.116. The monoisotopic (exact) mass is 487 g/mol. The van der Waals surface area contributed by atoms with Gasteiger partial charge in [-0.2, -0.15) is 0 Å². The van der Waals surface area contributed by atoms with Crippen LogP contribution in [0.1, 0.15) is 54.6 Å². The van der Waals surface area contributed by atoms with Gasteiger partial charge in [0.05, 0.1) is 18.6 Å². The molecule has 2 amide bonds. The highest BCUT2D eigenvalue weighted by molar-refractivity contribution is 6.30. The van der Waals surface area contributed by atoms with E-state index in [1.165, 1.54) is 0 Å². The fourth-order valence-electron chi connectivity index (χ4n) is 4.16. The van der Waals surface area contributed by atoms with E-state index in [1.807, 2.05) is 64.9 Å². The maximum atomic E-state index is 13.2. The van der Waals surface area contributed by atoms with Crippen molar-refractivity contribution in [3.63, 3.8) is 0 Å². The molecule has 1 N–H and O–H groups in total. The highest BCUT2D eigenvalue weighted by Crippen LogP contribution is 2.32. The van der Waals surface area contributed by atoms with E-state index in [2.05, 4.69) is 15.5 Å². The molecule has 1 saturated heterocycles. The molecule has 9 heteroatoms. The number of rotatable bonds is 7. The molecule has 0 saturated carbocycles. The third-order valence-corrected chi connectivity index (χ3v) is 6.41. The normalized spacial score (nSPS) is 16.7. The number of halogens is 2. The largest absolute Gasteiger partial charge is 0.377 e. The van der Waals surface area contributed by atoms with Crippen molar-refractivity contribution in [2.75, 3.05) is 13.7 Å². The lowest BCUT2D eigenvalue weighted by atomic mass is 10.1. The average molecular weight is 488 g/mol. The maximum absolute atomic E-state index is 13.2. The van der Waals surface area contributed by atoms with Gasteiger partial charge in [-0.1, -0.05) is 47.5 Å². The number of nitrogens with one attached hydrogen (secondary N) is 1. The van der Waals surface area contributed by atoms with Crippen molar-refractivity contribution in [1.29, 1.82) is 0 Å². The van der Waals surface area contributed by atoms with E-state index in [-0.39, 0.29) is 18.1 Å². The lowest BCUT2D eigenvalue weighted by Crippen LogP contribution is -2.41. The summed E-state index contributed by atoms with van der Waals surface area (Å²) < 4.78 is 7.39. The first-order valence-corrected chi connectivity index (χ1v) is 11.7. The van der Waals surface area contributed by atoms with Crippen molar-refractivity contribution in [2.24, 2.45) is 0 Å². The molecule has 2 atom stereocenters. The first-order chi connectivity index (χ1) is 16.0. The molecule has 3 aromatic rings. The van der Waals surface area contributed by atoms with Crippen LogP contribution in [0.5, 0.6) is 0 Å². The van der Waals surface area contributed by atoms with Gasteiger partial charge in [-0.25, -0.2) is 4.79 Å². The minimum Gasteiger partial charge on any atom is -0.377 e. The Labute approximate surface area is 203 Å². The summed E-state index contributed by atoms with van der Waals surface area (Å²) in [7, 11) is 1.63. The number of urea groups is 1. The van der Waals surface area contributed by atoms with E-state index in [0.29, 0.717) is 29.7 Å². The van der Waals surface area contributed by atoms with Crippen molar-refractivity contribution >= 4 is 29.2 Å². The Morgan fingerprint density at radius 3 is 2.45 bits per heavy atom. The Balaban J connectivity index is 1.55. The molecule has 1 aliphatic heterocycles. The molecule has 1 aromatic heterocycles. The minimum atomic E-state index is -0.159. The highest BCUT2D eigenvalue weighted by atomic mass is 35.5. The summed E-state index contributed by atoms with van der Waals surface area (Å²) in [6.07, 6.45) is 1.73. The first kappa shape index (κ1) is 23.5. The average Bonchev–Trinajstić information content (AvgIpc) is 3.43. The summed E-state index contributed by atoms with van der Waals surface area (Å²) >= 11 is 12.0. The molecule has 2 aromatic carbocycles. The third kappa shape index (κ3) is 5.49. The standard InChI is InChI=1S/C24H27Cl2N5O2/c1-16(18-7-11-20(26)12-8-18)27-24(32)30-13-3-4-21(30)23-29-28-22(15-33-2)31(23)14-17-5-9-19(25)10-6-17/h5-12,16,21H,3-4,13-15H2,1-2H3,(H,27,32)/t16-,21+/m0/s1. The van der Waals surface area contributed by atoms with Crippen molar-refractivity contribution in [1.82, 2.24) is 25.0 Å². The Bertz CT molecular complexity index is 1090. The number of hydrogen-bond donors (Lipinski definition) is 1. The highest BCUT2D eigenvalue weighted by Gasteiger charge is 2.34. The van der Waals surface area contributed by atoms with Crippen LogP contribution in [-0.4, -0.2) is 39.4 Å². The zero-order valence-corrected chi connectivity index (χ0v) is 20.2. The molecule has 33 heavy (non-hydrogen) atoms. The molecule has 174 valence electrons. The quantitative estimate of drug-likeness (QED) is 0.484. The Hall–Kier alpha value is -2.61. The van der Waals surface area contributed by atoms with Gasteiger partial charge in [0.15, 0.2) is 11.6 Å². The number of aromatic nitrogens is 3. The van der Waals surface area contributed by atoms with E-state index in [1.54, 1.807) is 7.11 Å². The summed E-state index contributed by atoms with van der Waals surface area (Å²) in [5.74, 6) is 1.49. The van der Waals surface area contributed by atoms with Crippen LogP contribution in [0.3, 0.4) is 0 Å². The number of carbonyl (C=O) groups excluding carboxylic acids is 1. The molecule has 0 spiro atoms. The van der Waals surface area contributed by atoms with E-state index in [0.717, 1.165) is 35.6 Å². The second-order valence-corrected chi connectivity index (χ2v) is 9.07. The number of carbonyl (C=O) groups is 1.